The average Bonchev–Trinajstić information content (AvgIpc) is 2.57. The van der Waals surface area contributed by atoms with Crippen LogP contribution in [0.1, 0.15) is 64.7 Å². The van der Waals surface area contributed by atoms with Gasteiger partial charge in [-0.3, -0.25) is 4.39 Å². The maximum absolute atomic E-state index is 12.5. The summed E-state index contributed by atoms with van der Waals surface area (Å²) in [6.07, 6.45) is 12.0. The van der Waals surface area contributed by atoms with Crippen LogP contribution in [0.4, 0.5) is 4.39 Å². The number of rotatable bonds is 4. The van der Waals surface area contributed by atoms with E-state index in [-0.39, 0.29) is 6.67 Å². The van der Waals surface area contributed by atoms with Crippen LogP contribution in [-0.4, -0.2) is 22.8 Å². The minimum atomic E-state index is -0.107. The van der Waals surface area contributed by atoms with E-state index in [1.54, 1.807) is 0 Å². The van der Waals surface area contributed by atoms with Crippen LogP contribution in [0.5, 0.6) is 0 Å². The molecule has 1 aliphatic heterocycles. The first-order valence-electron chi connectivity index (χ1n) is 9.55. The quantitative estimate of drug-likeness (QED) is 0.578. The molecule has 1 heterocycles. The number of thioether (sulfide) groups is 2. The first-order chi connectivity index (χ1) is 10.8. The SMILES string of the molecule is CC1CCC(C2CSC(C3CCC(CCF)CC3)SC2)CC1. The largest absolute Gasteiger partial charge is 0.251 e. The monoisotopic (exact) mass is 344 g/mol. The molecular formula is C19H33FS2. The Morgan fingerprint density at radius 3 is 1.95 bits per heavy atom. The Morgan fingerprint density at radius 1 is 0.773 bits per heavy atom. The van der Waals surface area contributed by atoms with Gasteiger partial charge in [-0.05, 0) is 73.2 Å². The Labute approximate surface area is 145 Å². The Morgan fingerprint density at radius 2 is 1.36 bits per heavy atom. The lowest BCUT2D eigenvalue weighted by Gasteiger charge is -2.40. The molecule has 22 heavy (non-hydrogen) atoms. The van der Waals surface area contributed by atoms with Gasteiger partial charge in [-0.15, -0.1) is 23.5 Å². The van der Waals surface area contributed by atoms with Crippen LogP contribution in [-0.2, 0) is 0 Å². The highest BCUT2D eigenvalue weighted by molar-refractivity contribution is 8.17. The van der Waals surface area contributed by atoms with Gasteiger partial charge in [0.2, 0.25) is 0 Å². The van der Waals surface area contributed by atoms with Gasteiger partial charge in [-0.25, -0.2) is 0 Å². The minimum absolute atomic E-state index is 0.107. The topological polar surface area (TPSA) is 0 Å². The molecule has 0 radical (unpaired) electrons. The van der Waals surface area contributed by atoms with E-state index in [1.807, 2.05) is 0 Å². The average molecular weight is 345 g/mol. The fourth-order valence-electron chi connectivity index (χ4n) is 4.74. The molecule has 1 saturated heterocycles. The molecule has 0 N–H and O–H groups in total. The molecular weight excluding hydrogens is 311 g/mol. The third-order valence-corrected chi connectivity index (χ3v) is 9.95. The highest BCUT2D eigenvalue weighted by atomic mass is 32.2. The normalized spacial score (nSPS) is 43.9. The van der Waals surface area contributed by atoms with Gasteiger partial charge < -0.3 is 0 Å². The van der Waals surface area contributed by atoms with Gasteiger partial charge >= 0.3 is 0 Å². The van der Waals surface area contributed by atoms with Crippen LogP contribution in [0.2, 0.25) is 0 Å². The molecule has 2 saturated carbocycles. The maximum atomic E-state index is 12.5. The summed E-state index contributed by atoms with van der Waals surface area (Å²) < 4.78 is 13.3. The summed E-state index contributed by atoms with van der Waals surface area (Å²) in [5.74, 6) is 7.43. The van der Waals surface area contributed by atoms with Crippen molar-refractivity contribution >= 4 is 23.5 Å². The van der Waals surface area contributed by atoms with E-state index in [1.165, 1.54) is 62.9 Å². The van der Waals surface area contributed by atoms with Gasteiger partial charge in [0, 0.05) is 0 Å². The first-order valence-corrected chi connectivity index (χ1v) is 11.6. The molecule has 0 aromatic rings. The summed E-state index contributed by atoms with van der Waals surface area (Å²) in [6.45, 7) is 2.32. The molecule has 0 aromatic carbocycles. The zero-order chi connectivity index (χ0) is 15.4. The van der Waals surface area contributed by atoms with Crippen LogP contribution in [0.25, 0.3) is 0 Å². The van der Waals surface area contributed by atoms with Crippen molar-refractivity contribution < 1.29 is 4.39 Å². The van der Waals surface area contributed by atoms with Crippen molar-refractivity contribution in [3.05, 3.63) is 0 Å². The van der Waals surface area contributed by atoms with Crippen molar-refractivity contribution in [2.24, 2.45) is 29.6 Å². The molecule has 2 aliphatic carbocycles. The van der Waals surface area contributed by atoms with Crippen molar-refractivity contribution in [3.63, 3.8) is 0 Å². The fourth-order valence-corrected chi connectivity index (χ4v) is 8.49. The smallest absolute Gasteiger partial charge is 0.0897 e. The lowest BCUT2D eigenvalue weighted by Crippen LogP contribution is -2.31. The number of halogens is 1. The second-order valence-electron chi connectivity index (χ2n) is 8.07. The van der Waals surface area contributed by atoms with Crippen molar-refractivity contribution in [1.82, 2.24) is 0 Å². The molecule has 3 heteroatoms. The maximum Gasteiger partial charge on any atom is 0.0897 e. The van der Waals surface area contributed by atoms with E-state index in [9.17, 15) is 4.39 Å². The van der Waals surface area contributed by atoms with Crippen molar-refractivity contribution in [1.29, 1.82) is 0 Å². The van der Waals surface area contributed by atoms with Gasteiger partial charge in [0.05, 0.1) is 11.3 Å². The summed E-state index contributed by atoms with van der Waals surface area (Å²) in [4.78, 5) is 0. The summed E-state index contributed by atoms with van der Waals surface area (Å²) in [7, 11) is 0. The van der Waals surface area contributed by atoms with E-state index in [0.717, 1.165) is 34.7 Å². The predicted octanol–water partition coefficient (Wildman–Crippen LogP) is 6.40. The fraction of sp³-hybridized carbons (Fsp3) is 1.00. The lowest BCUT2D eigenvalue weighted by atomic mass is 9.77. The third-order valence-electron chi connectivity index (χ3n) is 6.47. The van der Waals surface area contributed by atoms with Gasteiger partial charge in [0.15, 0.2) is 0 Å². The van der Waals surface area contributed by atoms with Crippen molar-refractivity contribution in [2.45, 2.75) is 69.3 Å². The summed E-state index contributed by atoms with van der Waals surface area (Å²) >= 11 is 4.55. The number of hydrogen-bond acceptors (Lipinski definition) is 2. The predicted molar refractivity (Wildman–Crippen MR) is 99.4 cm³/mol. The Hall–Kier alpha value is 0.630. The summed E-state index contributed by atoms with van der Waals surface area (Å²) in [6, 6.07) is 0. The van der Waals surface area contributed by atoms with Gasteiger partial charge in [0.1, 0.15) is 0 Å². The van der Waals surface area contributed by atoms with Crippen LogP contribution in [0.15, 0.2) is 0 Å². The van der Waals surface area contributed by atoms with E-state index < -0.39 is 0 Å². The van der Waals surface area contributed by atoms with Crippen molar-refractivity contribution in [2.75, 3.05) is 18.2 Å². The highest BCUT2D eigenvalue weighted by Crippen LogP contribution is 2.47. The minimum Gasteiger partial charge on any atom is -0.251 e. The molecule has 0 spiro atoms. The molecule has 0 unspecified atom stereocenters. The molecule has 0 amide bonds. The second kappa shape index (κ2) is 8.65. The van der Waals surface area contributed by atoms with Crippen LogP contribution in [0.3, 0.4) is 0 Å². The lowest BCUT2D eigenvalue weighted by molar-refractivity contribution is 0.237. The summed E-state index contributed by atoms with van der Waals surface area (Å²) in [5, 5.41) is 0. The molecule has 3 rings (SSSR count). The number of alkyl halides is 1. The van der Waals surface area contributed by atoms with Gasteiger partial charge in [0.25, 0.3) is 0 Å². The molecule has 0 bridgehead atoms. The van der Waals surface area contributed by atoms with Gasteiger partial charge in [-0.2, -0.15) is 0 Å². The Bertz CT molecular complexity index is 311. The molecule has 0 aromatic heterocycles. The van der Waals surface area contributed by atoms with E-state index >= 15 is 0 Å². The number of hydrogen-bond donors (Lipinski definition) is 0. The van der Waals surface area contributed by atoms with E-state index in [0.29, 0.717) is 5.92 Å². The van der Waals surface area contributed by atoms with Crippen LogP contribution in [0, 0.1) is 29.6 Å². The third kappa shape index (κ3) is 4.59. The van der Waals surface area contributed by atoms with Gasteiger partial charge in [-0.1, -0.05) is 32.6 Å². The van der Waals surface area contributed by atoms with Crippen LogP contribution >= 0.6 is 23.5 Å². The van der Waals surface area contributed by atoms with Crippen molar-refractivity contribution in [3.8, 4) is 0 Å². The molecule has 0 nitrogen and oxygen atoms in total. The Balaban J connectivity index is 1.39. The van der Waals surface area contributed by atoms with E-state index in [4.69, 9.17) is 0 Å². The first kappa shape index (κ1) is 17.5. The Kier molecular flexibility index (Phi) is 6.86. The molecule has 3 fully saturated rings. The zero-order valence-electron chi connectivity index (χ0n) is 14.1. The molecule has 128 valence electrons. The zero-order valence-corrected chi connectivity index (χ0v) is 15.8. The second-order valence-corrected chi connectivity index (χ2v) is 10.7. The molecule has 3 aliphatic rings. The van der Waals surface area contributed by atoms with E-state index in [2.05, 4.69) is 30.4 Å². The van der Waals surface area contributed by atoms with Crippen LogP contribution < -0.4 is 0 Å². The standard InChI is InChI=1S/C19H33FS2/c1-14-2-6-16(7-3-14)18-12-21-19(22-13-18)17-8-4-15(5-9-17)10-11-20/h14-19H,2-13H2,1H3. The summed E-state index contributed by atoms with van der Waals surface area (Å²) in [5.41, 5.74) is 0. The molecule has 0 atom stereocenters. The highest BCUT2D eigenvalue weighted by Gasteiger charge is 2.35.